The molecule has 1 aromatic carbocycles. The SMILES string of the molecule is COc1cccc(-n2c(C)cc(CCCN)c2C)c1. The molecule has 2 rings (SSSR count). The van der Waals surface area contributed by atoms with Gasteiger partial charge < -0.3 is 15.0 Å². The summed E-state index contributed by atoms with van der Waals surface area (Å²) in [4.78, 5) is 0. The van der Waals surface area contributed by atoms with Crippen molar-refractivity contribution < 1.29 is 4.74 Å². The van der Waals surface area contributed by atoms with Crippen molar-refractivity contribution in [1.29, 1.82) is 0 Å². The van der Waals surface area contributed by atoms with Crippen LogP contribution in [-0.2, 0) is 6.42 Å². The molecule has 0 saturated carbocycles. The number of aryl methyl sites for hydroxylation is 2. The lowest BCUT2D eigenvalue weighted by molar-refractivity contribution is 0.414. The maximum absolute atomic E-state index is 5.60. The lowest BCUT2D eigenvalue weighted by Gasteiger charge is -2.11. The summed E-state index contributed by atoms with van der Waals surface area (Å²) in [5.41, 5.74) is 10.7. The zero-order valence-corrected chi connectivity index (χ0v) is 11.9. The van der Waals surface area contributed by atoms with Gasteiger partial charge in [0.1, 0.15) is 5.75 Å². The second-order valence-corrected chi connectivity index (χ2v) is 4.83. The van der Waals surface area contributed by atoms with E-state index < -0.39 is 0 Å². The number of nitrogens with two attached hydrogens (primary N) is 1. The highest BCUT2D eigenvalue weighted by molar-refractivity contribution is 5.44. The van der Waals surface area contributed by atoms with Crippen molar-refractivity contribution in [1.82, 2.24) is 4.57 Å². The number of benzene rings is 1. The third-order valence-corrected chi connectivity index (χ3v) is 3.50. The van der Waals surface area contributed by atoms with Gasteiger partial charge in [0.05, 0.1) is 7.11 Å². The molecule has 0 saturated heterocycles. The Hall–Kier alpha value is -1.74. The molecule has 0 fully saturated rings. The number of hydrogen-bond acceptors (Lipinski definition) is 2. The van der Waals surface area contributed by atoms with Crippen LogP contribution >= 0.6 is 0 Å². The Kier molecular flexibility index (Phi) is 4.27. The van der Waals surface area contributed by atoms with Gasteiger partial charge in [0, 0.05) is 23.1 Å². The van der Waals surface area contributed by atoms with E-state index in [-0.39, 0.29) is 0 Å². The molecule has 3 nitrogen and oxygen atoms in total. The summed E-state index contributed by atoms with van der Waals surface area (Å²) in [6.07, 6.45) is 2.07. The second kappa shape index (κ2) is 5.93. The van der Waals surface area contributed by atoms with Crippen LogP contribution < -0.4 is 10.5 Å². The first-order valence-corrected chi connectivity index (χ1v) is 6.69. The van der Waals surface area contributed by atoms with Crippen molar-refractivity contribution >= 4 is 0 Å². The van der Waals surface area contributed by atoms with Crippen LogP contribution in [0.5, 0.6) is 5.75 Å². The lowest BCUT2D eigenvalue weighted by atomic mass is 10.1. The van der Waals surface area contributed by atoms with Crippen molar-refractivity contribution in [3.8, 4) is 11.4 Å². The number of rotatable bonds is 5. The normalized spacial score (nSPS) is 10.7. The van der Waals surface area contributed by atoms with E-state index in [1.54, 1.807) is 7.11 Å². The molecule has 19 heavy (non-hydrogen) atoms. The molecule has 1 aromatic heterocycles. The van der Waals surface area contributed by atoms with Gasteiger partial charge in [0.2, 0.25) is 0 Å². The molecule has 2 N–H and O–H groups in total. The molecule has 3 heteroatoms. The smallest absolute Gasteiger partial charge is 0.120 e. The minimum absolute atomic E-state index is 0.739. The van der Waals surface area contributed by atoms with Crippen molar-refractivity contribution in [2.45, 2.75) is 26.7 Å². The zero-order valence-electron chi connectivity index (χ0n) is 11.9. The number of methoxy groups -OCH3 is 1. The van der Waals surface area contributed by atoms with E-state index in [0.29, 0.717) is 0 Å². The van der Waals surface area contributed by atoms with E-state index in [9.17, 15) is 0 Å². The van der Waals surface area contributed by atoms with Crippen LogP contribution in [0.1, 0.15) is 23.4 Å². The van der Waals surface area contributed by atoms with Gasteiger partial charge in [-0.2, -0.15) is 0 Å². The van der Waals surface area contributed by atoms with Crippen LogP contribution in [0, 0.1) is 13.8 Å². The average Bonchev–Trinajstić information content (AvgIpc) is 2.71. The van der Waals surface area contributed by atoms with Gasteiger partial charge in [-0.15, -0.1) is 0 Å². The first-order chi connectivity index (χ1) is 9.17. The van der Waals surface area contributed by atoms with Gasteiger partial charge in [-0.3, -0.25) is 0 Å². The van der Waals surface area contributed by atoms with Gasteiger partial charge in [0.25, 0.3) is 0 Å². The van der Waals surface area contributed by atoms with E-state index in [2.05, 4.69) is 36.6 Å². The molecule has 0 aliphatic rings. The van der Waals surface area contributed by atoms with Crippen LogP contribution in [0.15, 0.2) is 30.3 Å². The molecule has 0 spiro atoms. The van der Waals surface area contributed by atoms with Crippen molar-refractivity contribution in [2.75, 3.05) is 13.7 Å². The summed E-state index contributed by atoms with van der Waals surface area (Å²) in [5.74, 6) is 0.883. The molecular weight excluding hydrogens is 236 g/mol. The van der Waals surface area contributed by atoms with Gasteiger partial charge in [-0.25, -0.2) is 0 Å². The Labute approximate surface area is 115 Å². The fourth-order valence-electron chi connectivity index (χ4n) is 2.52. The average molecular weight is 258 g/mol. The molecular formula is C16H22N2O. The van der Waals surface area contributed by atoms with E-state index in [1.165, 1.54) is 17.0 Å². The largest absolute Gasteiger partial charge is 0.497 e. The Morgan fingerprint density at radius 1 is 1.21 bits per heavy atom. The standard InChI is InChI=1S/C16H22N2O/c1-12-10-14(6-5-9-17)13(2)18(12)15-7-4-8-16(11-15)19-3/h4,7-8,10-11H,5-6,9,17H2,1-3H3. The fraction of sp³-hybridized carbons (Fsp3) is 0.375. The van der Waals surface area contributed by atoms with Crippen LogP contribution in [0.25, 0.3) is 5.69 Å². The summed E-state index contributed by atoms with van der Waals surface area (Å²) < 4.78 is 7.57. The molecule has 2 aromatic rings. The molecule has 0 bridgehead atoms. The van der Waals surface area contributed by atoms with Gasteiger partial charge >= 0.3 is 0 Å². The quantitative estimate of drug-likeness (QED) is 0.895. The van der Waals surface area contributed by atoms with E-state index >= 15 is 0 Å². The van der Waals surface area contributed by atoms with E-state index in [0.717, 1.165) is 30.8 Å². The molecule has 0 aliphatic carbocycles. The van der Waals surface area contributed by atoms with E-state index in [1.807, 2.05) is 12.1 Å². The predicted molar refractivity (Wildman–Crippen MR) is 79.2 cm³/mol. The fourth-order valence-corrected chi connectivity index (χ4v) is 2.52. The topological polar surface area (TPSA) is 40.2 Å². The number of ether oxygens (including phenoxy) is 1. The third-order valence-electron chi connectivity index (χ3n) is 3.50. The first kappa shape index (κ1) is 13.7. The van der Waals surface area contributed by atoms with Crippen LogP contribution in [0.3, 0.4) is 0 Å². The highest BCUT2D eigenvalue weighted by atomic mass is 16.5. The maximum Gasteiger partial charge on any atom is 0.120 e. The minimum Gasteiger partial charge on any atom is -0.497 e. The van der Waals surface area contributed by atoms with Crippen molar-refractivity contribution in [3.63, 3.8) is 0 Å². The summed E-state index contributed by atoms with van der Waals surface area (Å²) in [6.45, 7) is 5.04. The van der Waals surface area contributed by atoms with Gasteiger partial charge in [0.15, 0.2) is 0 Å². The molecule has 1 heterocycles. The lowest BCUT2D eigenvalue weighted by Crippen LogP contribution is -2.02. The summed E-state index contributed by atoms with van der Waals surface area (Å²) in [6, 6.07) is 10.4. The Morgan fingerprint density at radius 3 is 2.68 bits per heavy atom. The maximum atomic E-state index is 5.60. The number of nitrogens with zero attached hydrogens (tertiary/aromatic N) is 1. The summed E-state index contributed by atoms with van der Waals surface area (Å²) in [5, 5.41) is 0. The van der Waals surface area contributed by atoms with Gasteiger partial charge in [-0.05, 0) is 57.0 Å². The van der Waals surface area contributed by atoms with E-state index in [4.69, 9.17) is 10.5 Å². The Bertz CT molecular complexity index is 558. The minimum atomic E-state index is 0.739. The monoisotopic (exact) mass is 258 g/mol. The summed E-state index contributed by atoms with van der Waals surface area (Å²) >= 11 is 0. The molecule has 0 atom stereocenters. The van der Waals surface area contributed by atoms with Gasteiger partial charge in [-0.1, -0.05) is 6.07 Å². The second-order valence-electron chi connectivity index (χ2n) is 4.83. The number of hydrogen-bond donors (Lipinski definition) is 1. The van der Waals surface area contributed by atoms with Crippen LogP contribution in [0.2, 0.25) is 0 Å². The Morgan fingerprint density at radius 2 is 2.00 bits per heavy atom. The third kappa shape index (κ3) is 2.82. The zero-order chi connectivity index (χ0) is 13.8. The highest BCUT2D eigenvalue weighted by Gasteiger charge is 2.10. The van der Waals surface area contributed by atoms with Crippen molar-refractivity contribution in [2.24, 2.45) is 5.73 Å². The molecule has 0 aliphatic heterocycles. The molecule has 0 amide bonds. The first-order valence-electron chi connectivity index (χ1n) is 6.69. The van der Waals surface area contributed by atoms with Crippen LogP contribution in [-0.4, -0.2) is 18.2 Å². The molecule has 0 radical (unpaired) electrons. The predicted octanol–water partition coefficient (Wildman–Crippen LogP) is 2.99. The van der Waals surface area contributed by atoms with Crippen molar-refractivity contribution in [3.05, 3.63) is 47.3 Å². The number of aromatic nitrogens is 1. The summed E-state index contributed by atoms with van der Waals surface area (Å²) in [7, 11) is 1.70. The highest BCUT2D eigenvalue weighted by Crippen LogP contribution is 2.24. The van der Waals surface area contributed by atoms with Crippen LogP contribution in [0.4, 0.5) is 0 Å². The Balaban J connectivity index is 2.41. The molecule has 102 valence electrons. The molecule has 0 unspecified atom stereocenters.